The van der Waals surface area contributed by atoms with Gasteiger partial charge in [0.25, 0.3) is 0 Å². The van der Waals surface area contributed by atoms with Gasteiger partial charge in [-0.15, -0.1) is 0 Å². The third-order valence-electron chi connectivity index (χ3n) is 3.29. The number of hydrogen-bond donors (Lipinski definition) is 1. The van der Waals surface area contributed by atoms with Crippen LogP contribution in [0.25, 0.3) is 10.9 Å². The van der Waals surface area contributed by atoms with E-state index in [1.807, 2.05) is 19.1 Å². The van der Waals surface area contributed by atoms with Gasteiger partial charge in [-0.25, -0.2) is 0 Å². The van der Waals surface area contributed by atoms with Gasteiger partial charge in [-0.3, -0.25) is 4.79 Å². The molecule has 2 heteroatoms. The summed E-state index contributed by atoms with van der Waals surface area (Å²) in [4.78, 5) is 15.8. The van der Waals surface area contributed by atoms with E-state index in [-0.39, 0.29) is 11.3 Å². The molecule has 0 amide bonds. The Labute approximate surface area is 102 Å². The van der Waals surface area contributed by atoms with Gasteiger partial charge in [0.2, 0.25) is 0 Å². The molecule has 0 radical (unpaired) electrons. The number of nitrogens with one attached hydrogen (secondary N) is 1. The Kier molecular flexibility index (Phi) is 3.05. The predicted octanol–water partition coefficient (Wildman–Crippen LogP) is 3.52. The minimum Gasteiger partial charge on any atom is -0.358 e. The van der Waals surface area contributed by atoms with Crippen molar-refractivity contribution >= 4 is 10.9 Å². The second-order valence-corrected chi connectivity index (χ2v) is 4.88. The Bertz CT molecular complexity index is 608. The monoisotopic (exact) mass is 229 g/mol. The molecule has 2 rings (SSSR count). The Morgan fingerprint density at radius 1 is 1.29 bits per heavy atom. The average Bonchev–Trinajstić information content (AvgIpc) is 2.28. The van der Waals surface area contributed by atoms with Gasteiger partial charge < -0.3 is 4.98 Å². The van der Waals surface area contributed by atoms with Crippen molar-refractivity contribution in [2.45, 2.75) is 40.0 Å². The van der Waals surface area contributed by atoms with Gasteiger partial charge in [0.15, 0.2) is 5.43 Å². The van der Waals surface area contributed by atoms with E-state index in [1.54, 1.807) is 0 Å². The molecule has 0 aliphatic rings. The van der Waals surface area contributed by atoms with E-state index in [4.69, 9.17) is 0 Å². The van der Waals surface area contributed by atoms with Crippen molar-refractivity contribution in [1.82, 2.24) is 4.98 Å². The van der Waals surface area contributed by atoms with E-state index in [1.165, 1.54) is 5.56 Å². The Balaban J connectivity index is 2.84. The first kappa shape index (κ1) is 11.9. The molecule has 17 heavy (non-hydrogen) atoms. The fraction of sp³-hybridized carbons (Fsp3) is 0.400. The topological polar surface area (TPSA) is 32.9 Å². The molecule has 0 saturated heterocycles. The van der Waals surface area contributed by atoms with E-state index in [9.17, 15) is 4.79 Å². The molecule has 2 nitrogen and oxygen atoms in total. The van der Waals surface area contributed by atoms with Gasteiger partial charge in [-0.05, 0) is 37.0 Å². The molecular formula is C15H19NO. The van der Waals surface area contributed by atoms with E-state index < -0.39 is 0 Å². The van der Waals surface area contributed by atoms with Gasteiger partial charge >= 0.3 is 0 Å². The number of aromatic nitrogens is 1. The Hall–Kier alpha value is -1.57. The summed E-state index contributed by atoms with van der Waals surface area (Å²) >= 11 is 0. The number of fused-ring (bicyclic) bond motifs is 1. The number of pyridine rings is 1. The summed E-state index contributed by atoms with van der Waals surface area (Å²) in [6.07, 6.45) is 0.959. The highest BCUT2D eigenvalue weighted by Crippen LogP contribution is 2.18. The number of aryl methyl sites for hydroxylation is 2. The van der Waals surface area contributed by atoms with Gasteiger partial charge in [0.05, 0.1) is 0 Å². The molecular weight excluding hydrogens is 210 g/mol. The minimum atomic E-state index is 0.182. The maximum atomic E-state index is 12.4. The summed E-state index contributed by atoms with van der Waals surface area (Å²) in [5.41, 5.74) is 4.23. The second-order valence-electron chi connectivity index (χ2n) is 4.88. The molecule has 90 valence electrons. The fourth-order valence-corrected chi connectivity index (χ4v) is 2.39. The first-order valence-corrected chi connectivity index (χ1v) is 6.20. The number of hydrogen-bond acceptors (Lipinski definition) is 1. The van der Waals surface area contributed by atoms with Crippen LogP contribution in [0.15, 0.2) is 23.0 Å². The highest BCUT2D eigenvalue weighted by atomic mass is 16.1. The Morgan fingerprint density at radius 2 is 2.00 bits per heavy atom. The van der Waals surface area contributed by atoms with Gasteiger partial charge in [0, 0.05) is 22.2 Å². The van der Waals surface area contributed by atoms with E-state index in [0.29, 0.717) is 0 Å². The minimum absolute atomic E-state index is 0.182. The van der Waals surface area contributed by atoms with Gasteiger partial charge in [0.1, 0.15) is 0 Å². The van der Waals surface area contributed by atoms with E-state index >= 15 is 0 Å². The van der Waals surface area contributed by atoms with Crippen molar-refractivity contribution in [2.24, 2.45) is 0 Å². The van der Waals surface area contributed by atoms with Crippen LogP contribution in [-0.2, 0) is 6.42 Å². The van der Waals surface area contributed by atoms with Crippen LogP contribution in [0.2, 0.25) is 0 Å². The summed E-state index contributed by atoms with van der Waals surface area (Å²) in [5.74, 6) is 0.258. The lowest BCUT2D eigenvalue weighted by Gasteiger charge is -2.11. The van der Waals surface area contributed by atoms with Crippen molar-refractivity contribution in [3.8, 4) is 0 Å². The van der Waals surface area contributed by atoms with E-state index in [0.717, 1.165) is 28.6 Å². The van der Waals surface area contributed by atoms with Gasteiger partial charge in [-0.1, -0.05) is 26.8 Å². The maximum absolute atomic E-state index is 12.4. The largest absolute Gasteiger partial charge is 0.358 e. The number of rotatable bonds is 2. The normalized spacial score (nSPS) is 11.4. The molecule has 1 heterocycles. The summed E-state index contributed by atoms with van der Waals surface area (Å²) in [5, 5.41) is 0.818. The van der Waals surface area contributed by atoms with Crippen LogP contribution >= 0.6 is 0 Å². The van der Waals surface area contributed by atoms with Crippen molar-refractivity contribution in [2.75, 3.05) is 0 Å². The summed E-state index contributed by atoms with van der Waals surface area (Å²) in [7, 11) is 0. The molecule has 0 spiro atoms. The number of benzene rings is 1. The van der Waals surface area contributed by atoms with Crippen molar-refractivity contribution < 1.29 is 0 Å². The van der Waals surface area contributed by atoms with Crippen LogP contribution in [0.4, 0.5) is 0 Å². The lowest BCUT2D eigenvalue weighted by atomic mass is 9.98. The molecule has 0 aliphatic carbocycles. The lowest BCUT2D eigenvalue weighted by molar-refractivity contribution is 0.838. The summed E-state index contributed by atoms with van der Waals surface area (Å²) in [6, 6.07) is 6.10. The summed E-state index contributed by atoms with van der Waals surface area (Å²) in [6.45, 7) is 8.21. The zero-order valence-corrected chi connectivity index (χ0v) is 10.9. The molecule has 0 fully saturated rings. The number of aromatic amines is 1. The molecule has 0 saturated carbocycles. The van der Waals surface area contributed by atoms with Crippen LogP contribution in [0.1, 0.15) is 43.5 Å². The molecule has 1 aromatic carbocycles. The third-order valence-corrected chi connectivity index (χ3v) is 3.29. The highest BCUT2D eigenvalue weighted by molar-refractivity contribution is 5.80. The highest BCUT2D eigenvalue weighted by Gasteiger charge is 2.12. The van der Waals surface area contributed by atoms with Crippen LogP contribution in [0.5, 0.6) is 0 Å². The van der Waals surface area contributed by atoms with Gasteiger partial charge in [-0.2, -0.15) is 0 Å². The molecule has 0 unspecified atom stereocenters. The zero-order valence-electron chi connectivity index (χ0n) is 10.9. The average molecular weight is 229 g/mol. The van der Waals surface area contributed by atoms with Crippen LogP contribution < -0.4 is 5.43 Å². The van der Waals surface area contributed by atoms with E-state index in [2.05, 4.69) is 31.8 Å². The Morgan fingerprint density at radius 3 is 2.59 bits per heavy atom. The molecule has 0 bridgehead atoms. The predicted molar refractivity (Wildman–Crippen MR) is 72.8 cm³/mol. The summed E-state index contributed by atoms with van der Waals surface area (Å²) < 4.78 is 0. The SMILES string of the molecule is CCc1ccc2[nH]c(C)c(C(C)C)c(=O)c2c1. The quantitative estimate of drug-likeness (QED) is 0.839. The molecule has 2 aromatic rings. The number of H-pyrrole nitrogens is 1. The first-order chi connectivity index (χ1) is 8.04. The van der Waals surface area contributed by atoms with Crippen LogP contribution in [-0.4, -0.2) is 4.98 Å². The zero-order chi connectivity index (χ0) is 12.6. The first-order valence-electron chi connectivity index (χ1n) is 6.20. The molecule has 0 atom stereocenters. The third kappa shape index (κ3) is 1.99. The standard InChI is InChI=1S/C15H19NO/c1-5-11-6-7-13-12(8-11)15(17)14(9(2)3)10(4)16-13/h6-9H,5H2,1-4H3,(H,16,17). The maximum Gasteiger partial charge on any atom is 0.193 e. The molecule has 0 aliphatic heterocycles. The van der Waals surface area contributed by atoms with Crippen molar-refractivity contribution in [3.63, 3.8) is 0 Å². The van der Waals surface area contributed by atoms with Crippen LogP contribution in [0, 0.1) is 6.92 Å². The lowest BCUT2D eigenvalue weighted by Crippen LogP contribution is -2.14. The second kappa shape index (κ2) is 4.36. The molecule has 1 aromatic heterocycles. The van der Waals surface area contributed by atoms with Crippen LogP contribution in [0.3, 0.4) is 0 Å². The van der Waals surface area contributed by atoms with Crippen molar-refractivity contribution in [3.05, 3.63) is 45.2 Å². The fourth-order valence-electron chi connectivity index (χ4n) is 2.39. The van der Waals surface area contributed by atoms with Crippen molar-refractivity contribution in [1.29, 1.82) is 0 Å². The smallest absolute Gasteiger partial charge is 0.193 e. The molecule has 1 N–H and O–H groups in total.